The number of benzene rings is 2. The van der Waals surface area contributed by atoms with E-state index in [4.69, 9.17) is 0 Å². The molecule has 0 spiro atoms. The fraction of sp³-hybridized carbons (Fsp3) is 0.294. The van der Waals surface area contributed by atoms with Crippen molar-refractivity contribution in [3.05, 3.63) is 52.5 Å². The summed E-state index contributed by atoms with van der Waals surface area (Å²) in [7, 11) is -2.36. The Morgan fingerprint density at radius 1 is 1.00 bits per heavy atom. The van der Waals surface area contributed by atoms with Crippen molar-refractivity contribution in [2.24, 2.45) is 0 Å². The lowest BCUT2D eigenvalue weighted by atomic mass is 10.2. The van der Waals surface area contributed by atoms with Crippen LogP contribution in [0.3, 0.4) is 0 Å². The van der Waals surface area contributed by atoms with Gasteiger partial charge in [0.25, 0.3) is 0 Å². The third kappa shape index (κ3) is 5.67. The summed E-state index contributed by atoms with van der Waals surface area (Å²) in [6, 6.07) is 10.0. The molecule has 0 saturated carbocycles. The van der Waals surface area contributed by atoms with Gasteiger partial charge in [0.1, 0.15) is 7.14 Å². The first-order valence-electron chi connectivity index (χ1n) is 7.37. The Morgan fingerprint density at radius 3 is 1.96 bits per heavy atom. The SMILES string of the molecule is CC.CP(C)(=O)c1ccc(Nc2ccc(C(F)(F)F)cc2)c(Br)c1. The highest BCUT2D eigenvalue weighted by atomic mass is 79.9. The second kappa shape index (κ2) is 8.21. The van der Waals surface area contributed by atoms with E-state index < -0.39 is 18.9 Å². The molecule has 1 N–H and O–H groups in total. The number of rotatable bonds is 3. The number of halogens is 4. The largest absolute Gasteiger partial charge is 0.416 e. The first kappa shape index (κ1) is 20.8. The van der Waals surface area contributed by atoms with Gasteiger partial charge >= 0.3 is 6.18 Å². The van der Waals surface area contributed by atoms with E-state index in [1.807, 2.05) is 13.8 Å². The van der Waals surface area contributed by atoms with Gasteiger partial charge in [-0.05, 0) is 71.7 Å². The molecule has 2 rings (SSSR count). The predicted molar refractivity (Wildman–Crippen MR) is 99.3 cm³/mol. The molecule has 0 aliphatic carbocycles. The summed E-state index contributed by atoms with van der Waals surface area (Å²) in [6.45, 7) is 7.36. The van der Waals surface area contributed by atoms with Crippen LogP contribution in [0.2, 0.25) is 0 Å². The van der Waals surface area contributed by atoms with Gasteiger partial charge in [-0.15, -0.1) is 0 Å². The smallest absolute Gasteiger partial charge is 0.355 e. The standard InChI is InChI=1S/C15H14BrF3NOP.C2H6/c1-22(2,21)12-7-8-14(13(16)9-12)20-11-5-3-10(4-6-11)15(17,18)19;1-2/h3-9,20H,1-2H3;1-2H3. The van der Waals surface area contributed by atoms with Gasteiger partial charge < -0.3 is 9.88 Å². The van der Waals surface area contributed by atoms with Gasteiger partial charge in [-0.2, -0.15) is 13.2 Å². The molecule has 0 atom stereocenters. The van der Waals surface area contributed by atoms with Crippen LogP contribution in [0.15, 0.2) is 46.9 Å². The van der Waals surface area contributed by atoms with Crippen LogP contribution in [0.5, 0.6) is 0 Å². The van der Waals surface area contributed by atoms with Crippen molar-refractivity contribution in [1.82, 2.24) is 0 Å². The maximum atomic E-state index is 12.5. The molecule has 0 heterocycles. The van der Waals surface area contributed by atoms with E-state index in [-0.39, 0.29) is 0 Å². The van der Waals surface area contributed by atoms with E-state index in [0.29, 0.717) is 15.8 Å². The third-order valence-corrected chi connectivity index (χ3v) is 5.24. The zero-order chi connectivity index (χ0) is 18.5. The minimum Gasteiger partial charge on any atom is -0.355 e. The lowest BCUT2D eigenvalue weighted by Crippen LogP contribution is -2.05. The second-order valence-electron chi connectivity index (χ2n) is 5.22. The lowest BCUT2D eigenvalue weighted by Gasteiger charge is -2.13. The van der Waals surface area contributed by atoms with Crippen molar-refractivity contribution in [1.29, 1.82) is 0 Å². The zero-order valence-corrected chi connectivity index (χ0v) is 16.4. The van der Waals surface area contributed by atoms with Gasteiger partial charge in [-0.25, -0.2) is 0 Å². The van der Waals surface area contributed by atoms with Crippen molar-refractivity contribution in [3.8, 4) is 0 Å². The monoisotopic (exact) mass is 421 g/mol. The molecule has 0 amide bonds. The number of anilines is 2. The topological polar surface area (TPSA) is 29.1 Å². The van der Waals surface area contributed by atoms with Crippen molar-refractivity contribution in [2.45, 2.75) is 20.0 Å². The van der Waals surface area contributed by atoms with Crippen LogP contribution in [-0.2, 0) is 10.7 Å². The molecule has 0 aromatic heterocycles. The van der Waals surface area contributed by atoms with Gasteiger partial charge in [0, 0.05) is 15.5 Å². The molecule has 0 radical (unpaired) electrons. The number of hydrogen-bond donors (Lipinski definition) is 1. The van der Waals surface area contributed by atoms with Crippen LogP contribution in [0, 0.1) is 0 Å². The fourth-order valence-corrected chi connectivity index (χ4v) is 3.37. The van der Waals surface area contributed by atoms with E-state index >= 15 is 0 Å². The van der Waals surface area contributed by atoms with Gasteiger partial charge in [0.05, 0.1) is 11.3 Å². The summed E-state index contributed by atoms with van der Waals surface area (Å²) in [5.74, 6) is 0. The third-order valence-electron chi connectivity index (χ3n) is 3.07. The molecule has 2 aromatic rings. The quantitative estimate of drug-likeness (QED) is 0.574. The summed E-state index contributed by atoms with van der Waals surface area (Å²) in [5, 5.41) is 3.76. The van der Waals surface area contributed by atoms with Crippen molar-refractivity contribution in [2.75, 3.05) is 18.6 Å². The molecule has 132 valence electrons. The Labute approximate surface area is 149 Å². The molecule has 0 unspecified atom stereocenters. The van der Waals surface area contributed by atoms with Crippen molar-refractivity contribution < 1.29 is 17.7 Å². The van der Waals surface area contributed by atoms with Gasteiger partial charge in [0.15, 0.2) is 0 Å². The zero-order valence-electron chi connectivity index (χ0n) is 13.9. The molecule has 0 fully saturated rings. The predicted octanol–water partition coefficient (Wildman–Crippen LogP) is 6.49. The van der Waals surface area contributed by atoms with Crippen LogP contribution < -0.4 is 10.6 Å². The maximum absolute atomic E-state index is 12.5. The summed E-state index contributed by atoms with van der Waals surface area (Å²) >= 11 is 3.38. The number of hydrogen-bond acceptors (Lipinski definition) is 2. The maximum Gasteiger partial charge on any atom is 0.416 e. The van der Waals surface area contributed by atoms with Crippen LogP contribution in [0.25, 0.3) is 0 Å². The Bertz CT molecular complexity index is 724. The fourth-order valence-electron chi connectivity index (χ4n) is 1.84. The second-order valence-corrected chi connectivity index (χ2v) is 9.29. The molecule has 2 nitrogen and oxygen atoms in total. The molecule has 0 saturated heterocycles. The van der Waals surface area contributed by atoms with E-state index in [1.165, 1.54) is 12.1 Å². The first-order valence-corrected chi connectivity index (χ1v) is 10.8. The van der Waals surface area contributed by atoms with E-state index in [2.05, 4.69) is 21.2 Å². The average Bonchev–Trinajstić information content (AvgIpc) is 2.50. The summed E-state index contributed by atoms with van der Waals surface area (Å²) in [6.07, 6.45) is -4.34. The minimum absolute atomic E-state index is 0.539. The molecule has 0 bridgehead atoms. The Balaban J connectivity index is 0.00000139. The Hall–Kier alpha value is -1.26. The van der Waals surface area contributed by atoms with Gasteiger partial charge in [0.2, 0.25) is 0 Å². The van der Waals surface area contributed by atoms with Gasteiger partial charge in [-0.1, -0.05) is 13.8 Å². The molecule has 2 aromatic carbocycles. The Morgan fingerprint density at radius 2 is 1.54 bits per heavy atom. The molecule has 0 aliphatic heterocycles. The summed E-state index contributed by atoms with van der Waals surface area (Å²) in [5.41, 5.74) is 0.542. The summed E-state index contributed by atoms with van der Waals surface area (Å²) in [4.78, 5) is 0. The number of nitrogens with one attached hydrogen (secondary N) is 1. The average molecular weight is 422 g/mol. The highest BCUT2D eigenvalue weighted by Crippen LogP contribution is 2.37. The van der Waals surface area contributed by atoms with Crippen molar-refractivity contribution in [3.63, 3.8) is 0 Å². The van der Waals surface area contributed by atoms with Crippen molar-refractivity contribution >= 4 is 39.8 Å². The normalized spacial score (nSPS) is 11.5. The molecule has 24 heavy (non-hydrogen) atoms. The van der Waals surface area contributed by atoms with E-state index in [9.17, 15) is 17.7 Å². The minimum atomic E-state index is -4.34. The molecular weight excluding hydrogens is 402 g/mol. The number of alkyl halides is 3. The summed E-state index contributed by atoms with van der Waals surface area (Å²) < 4.78 is 50.3. The lowest BCUT2D eigenvalue weighted by molar-refractivity contribution is -0.137. The van der Waals surface area contributed by atoms with Crippen LogP contribution in [-0.4, -0.2) is 13.3 Å². The van der Waals surface area contributed by atoms with E-state index in [1.54, 1.807) is 31.5 Å². The Kier molecular flexibility index (Phi) is 7.11. The molecular formula is C17H20BrF3NOP. The molecule has 0 aliphatic rings. The van der Waals surface area contributed by atoms with Crippen LogP contribution >= 0.6 is 23.1 Å². The van der Waals surface area contributed by atoms with Crippen LogP contribution in [0.1, 0.15) is 19.4 Å². The van der Waals surface area contributed by atoms with Gasteiger partial charge in [-0.3, -0.25) is 0 Å². The molecule has 7 heteroatoms. The van der Waals surface area contributed by atoms with Crippen LogP contribution in [0.4, 0.5) is 24.5 Å². The highest BCUT2D eigenvalue weighted by Gasteiger charge is 2.29. The highest BCUT2D eigenvalue weighted by molar-refractivity contribution is 9.10. The van der Waals surface area contributed by atoms with E-state index in [0.717, 1.165) is 17.4 Å². The first-order chi connectivity index (χ1) is 11.1.